The summed E-state index contributed by atoms with van der Waals surface area (Å²) in [5, 5.41) is 8.61. The normalized spacial score (nSPS) is 14.6. The summed E-state index contributed by atoms with van der Waals surface area (Å²) in [6.45, 7) is 3.74. The zero-order valence-electron chi connectivity index (χ0n) is 16.8. The minimum atomic E-state index is -0.280. The summed E-state index contributed by atoms with van der Waals surface area (Å²) in [4.78, 5) is 4.22. The van der Waals surface area contributed by atoms with Crippen LogP contribution < -0.4 is 5.32 Å². The number of hydrogen-bond donors (Lipinski definition) is 1. The lowest BCUT2D eigenvalue weighted by atomic mass is 10.2. The van der Waals surface area contributed by atoms with E-state index in [9.17, 15) is 8.78 Å². The minimum absolute atomic E-state index is 0.252. The highest BCUT2D eigenvalue weighted by molar-refractivity contribution is 7.80. The average molecular weight is 462 g/mol. The highest BCUT2D eigenvalue weighted by atomic mass is 35.5. The van der Waals surface area contributed by atoms with Gasteiger partial charge in [0.2, 0.25) is 0 Å². The van der Waals surface area contributed by atoms with Crippen molar-refractivity contribution in [3.05, 3.63) is 82.5 Å². The van der Waals surface area contributed by atoms with Crippen LogP contribution in [0, 0.1) is 11.6 Å². The van der Waals surface area contributed by atoms with Crippen LogP contribution in [-0.2, 0) is 13.1 Å². The molecule has 0 amide bonds. The number of rotatable bonds is 5. The van der Waals surface area contributed by atoms with Gasteiger partial charge in [0.05, 0.1) is 6.54 Å². The van der Waals surface area contributed by atoms with Crippen molar-refractivity contribution in [2.24, 2.45) is 0 Å². The van der Waals surface area contributed by atoms with E-state index in [1.807, 2.05) is 6.07 Å². The highest BCUT2D eigenvalue weighted by Gasteiger charge is 2.21. The van der Waals surface area contributed by atoms with E-state index in [1.54, 1.807) is 41.2 Å². The van der Waals surface area contributed by atoms with Crippen molar-refractivity contribution in [3.8, 4) is 0 Å². The number of halogens is 3. The predicted molar refractivity (Wildman–Crippen MR) is 122 cm³/mol. The zero-order chi connectivity index (χ0) is 21.8. The number of nitrogens with one attached hydrogen (secondary N) is 1. The zero-order valence-corrected chi connectivity index (χ0v) is 18.3. The Hall–Kier alpha value is -2.55. The van der Waals surface area contributed by atoms with Crippen LogP contribution in [-0.4, -0.2) is 50.9 Å². The molecule has 2 heterocycles. The van der Waals surface area contributed by atoms with E-state index in [-0.39, 0.29) is 11.6 Å². The number of piperazine rings is 1. The van der Waals surface area contributed by atoms with E-state index in [1.165, 1.54) is 12.1 Å². The van der Waals surface area contributed by atoms with Crippen LogP contribution in [0.3, 0.4) is 0 Å². The summed E-state index contributed by atoms with van der Waals surface area (Å²) < 4.78 is 29.5. The molecular weight excluding hydrogens is 440 g/mol. The summed E-state index contributed by atoms with van der Waals surface area (Å²) in [5.74, 6) is 0.0811. The molecule has 1 aliphatic heterocycles. The Morgan fingerprint density at radius 1 is 0.968 bits per heavy atom. The van der Waals surface area contributed by atoms with Crippen molar-refractivity contribution in [1.29, 1.82) is 0 Å². The molecule has 9 heteroatoms. The van der Waals surface area contributed by atoms with Crippen LogP contribution in [0.25, 0.3) is 0 Å². The maximum Gasteiger partial charge on any atom is 0.174 e. The van der Waals surface area contributed by atoms with Crippen LogP contribution in [0.2, 0.25) is 5.02 Å². The van der Waals surface area contributed by atoms with Crippen molar-refractivity contribution in [2.45, 2.75) is 13.1 Å². The molecule has 0 bridgehead atoms. The van der Waals surface area contributed by atoms with Gasteiger partial charge in [0, 0.05) is 61.1 Å². The Kier molecular flexibility index (Phi) is 6.80. The van der Waals surface area contributed by atoms with Crippen LogP contribution >= 0.6 is 23.8 Å². The first-order chi connectivity index (χ1) is 15.0. The van der Waals surface area contributed by atoms with Gasteiger partial charge in [-0.05, 0) is 30.4 Å². The van der Waals surface area contributed by atoms with Gasteiger partial charge in [0.25, 0.3) is 0 Å². The summed E-state index contributed by atoms with van der Waals surface area (Å²) >= 11 is 11.7. The van der Waals surface area contributed by atoms with Crippen LogP contribution in [0.15, 0.2) is 54.7 Å². The molecule has 1 N–H and O–H groups in total. The van der Waals surface area contributed by atoms with Crippen molar-refractivity contribution >= 4 is 34.7 Å². The van der Waals surface area contributed by atoms with Crippen molar-refractivity contribution in [2.75, 3.05) is 31.5 Å². The lowest BCUT2D eigenvalue weighted by Crippen LogP contribution is -2.49. The second-order valence-corrected chi connectivity index (χ2v) is 8.18. The summed E-state index contributed by atoms with van der Waals surface area (Å²) in [6.07, 6.45) is 1.79. The summed E-state index contributed by atoms with van der Waals surface area (Å²) in [5.41, 5.74) is 1.10. The number of hydrogen-bond acceptors (Lipinski definition) is 3. The highest BCUT2D eigenvalue weighted by Crippen LogP contribution is 2.21. The topological polar surface area (TPSA) is 36.3 Å². The van der Waals surface area contributed by atoms with E-state index in [2.05, 4.69) is 20.2 Å². The molecule has 3 aromatic rings. The van der Waals surface area contributed by atoms with Gasteiger partial charge in [-0.1, -0.05) is 35.9 Å². The predicted octanol–water partition coefficient (Wildman–Crippen LogP) is 4.38. The molecule has 0 spiro atoms. The Morgan fingerprint density at radius 3 is 2.45 bits per heavy atom. The number of nitrogens with zero attached hydrogens (tertiary/aromatic N) is 4. The molecule has 31 heavy (non-hydrogen) atoms. The lowest BCUT2D eigenvalue weighted by molar-refractivity contribution is 0.175. The minimum Gasteiger partial charge on any atom is -0.346 e. The Bertz CT molecular complexity index is 1050. The Balaban J connectivity index is 1.29. The van der Waals surface area contributed by atoms with Crippen molar-refractivity contribution in [1.82, 2.24) is 19.6 Å². The molecule has 0 atom stereocenters. The molecule has 0 aliphatic carbocycles. The number of aromatic nitrogens is 2. The van der Waals surface area contributed by atoms with E-state index >= 15 is 0 Å². The third kappa shape index (κ3) is 5.39. The van der Waals surface area contributed by atoms with Gasteiger partial charge in [-0.15, -0.1) is 0 Å². The molecule has 1 fully saturated rings. The first-order valence-electron chi connectivity index (χ1n) is 9.97. The molecule has 0 saturated carbocycles. The van der Waals surface area contributed by atoms with Gasteiger partial charge >= 0.3 is 0 Å². The van der Waals surface area contributed by atoms with E-state index in [4.69, 9.17) is 23.8 Å². The monoisotopic (exact) mass is 461 g/mol. The van der Waals surface area contributed by atoms with Crippen LogP contribution in [0.5, 0.6) is 0 Å². The van der Waals surface area contributed by atoms with Gasteiger partial charge in [0.1, 0.15) is 11.6 Å². The van der Waals surface area contributed by atoms with E-state index in [0.717, 1.165) is 13.1 Å². The molecule has 0 radical (unpaired) electrons. The second kappa shape index (κ2) is 9.72. The molecule has 2 aromatic carbocycles. The summed E-state index contributed by atoms with van der Waals surface area (Å²) in [7, 11) is 0. The molecular formula is C22H22ClF2N5S. The molecule has 0 unspecified atom stereocenters. The van der Waals surface area contributed by atoms with Crippen molar-refractivity contribution < 1.29 is 8.78 Å². The van der Waals surface area contributed by atoms with Gasteiger partial charge in [0.15, 0.2) is 10.9 Å². The van der Waals surface area contributed by atoms with Gasteiger partial charge in [-0.25, -0.2) is 8.78 Å². The molecule has 4 rings (SSSR count). The molecule has 1 aromatic heterocycles. The fourth-order valence-electron chi connectivity index (χ4n) is 3.52. The maximum atomic E-state index is 14.0. The number of benzene rings is 2. The molecule has 162 valence electrons. The van der Waals surface area contributed by atoms with Gasteiger partial charge in [-0.3, -0.25) is 9.58 Å². The van der Waals surface area contributed by atoms with Crippen LogP contribution in [0.4, 0.5) is 14.6 Å². The summed E-state index contributed by atoms with van der Waals surface area (Å²) in [6, 6.07) is 13.2. The molecule has 1 aliphatic rings. The largest absolute Gasteiger partial charge is 0.346 e. The first-order valence-corrected chi connectivity index (χ1v) is 10.8. The van der Waals surface area contributed by atoms with Crippen LogP contribution in [0.1, 0.15) is 11.1 Å². The third-order valence-corrected chi connectivity index (χ3v) is 5.98. The molecule has 1 saturated heterocycles. The second-order valence-electron chi connectivity index (χ2n) is 7.38. The van der Waals surface area contributed by atoms with E-state index in [0.29, 0.717) is 53.3 Å². The average Bonchev–Trinajstić information content (AvgIpc) is 3.20. The fourth-order valence-corrected chi connectivity index (χ4v) is 4.03. The Morgan fingerprint density at radius 2 is 1.71 bits per heavy atom. The van der Waals surface area contributed by atoms with Crippen molar-refractivity contribution in [3.63, 3.8) is 0 Å². The van der Waals surface area contributed by atoms with E-state index < -0.39 is 0 Å². The smallest absolute Gasteiger partial charge is 0.174 e. The first kappa shape index (κ1) is 21.7. The maximum absolute atomic E-state index is 14.0. The van der Waals surface area contributed by atoms with Gasteiger partial charge in [-0.2, -0.15) is 5.10 Å². The number of anilines is 1. The lowest BCUT2D eigenvalue weighted by Gasteiger charge is -2.36. The van der Waals surface area contributed by atoms with Gasteiger partial charge < -0.3 is 10.2 Å². The fraction of sp³-hybridized carbons (Fsp3) is 0.273. The quantitative estimate of drug-likeness (QED) is 0.571. The SMILES string of the molecule is Fc1ccccc1Cn1ccc(NC(=S)N2CCN(Cc3c(F)cccc3Cl)CC2)n1. The third-order valence-electron chi connectivity index (χ3n) is 5.27. The standard InChI is InChI=1S/C22H22ClF2N5S/c23-18-5-3-7-20(25)17(18)15-28-10-12-29(13-11-28)22(31)26-21-8-9-30(27-21)14-16-4-1-2-6-19(16)24/h1-9H,10-15H2,(H,26,27,31). The molecule has 5 nitrogen and oxygen atoms in total. The Labute approximate surface area is 190 Å². The number of thiocarbonyl (C=S) groups is 1.